The highest BCUT2D eigenvalue weighted by atomic mass is 15.2. The quantitative estimate of drug-likeness (QED) is 0.723. The number of nitrogens with zero attached hydrogens (tertiary/aromatic N) is 2. The number of hydrogen-bond donors (Lipinski definition) is 1. The summed E-state index contributed by atoms with van der Waals surface area (Å²) in [4.78, 5) is 2.46. The van der Waals surface area contributed by atoms with Crippen molar-refractivity contribution in [2.45, 2.75) is 57.7 Å². The summed E-state index contributed by atoms with van der Waals surface area (Å²) in [6, 6.07) is 3.33. The van der Waals surface area contributed by atoms with E-state index in [4.69, 9.17) is 11.0 Å². The summed E-state index contributed by atoms with van der Waals surface area (Å²) in [6.07, 6.45) is 3.38. The molecule has 2 atom stereocenters. The van der Waals surface area contributed by atoms with Crippen molar-refractivity contribution in [3.63, 3.8) is 0 Å². The minimum atomic E-state index is -0.679. The van der Waals surface area contributed by atoms with Gasteiger partial charge >= 0.3 is 0 Å². The first-order valence-corrected chi connectivity index (χ1v) is 5.46. The van der Waals surface area contributed by atoms with Crippen molar-refractivity contribution in [3.05, 3.63) is 0 Å². The molecule has 3 nitrogen and oxygen atoms in total. The van der Waals surface area contributed by atoms with Crippen LogP contribution in [0.3, 0.4) is 0 Å². The Bertz CT molecular complexity index is 225. The minimum absolute atomic E-state index is 0.419. The topological polar surface area (TPSA) is 53.0 Å². The SMILES string of the molecule is CCN(C(C)CC(C)(N)C#N)C1CC1. The maximum absolute atomic E-state index is 8.86. The van der Waals surface area contributed by atoms with Crippen LogP contribution < -0.4 is 5.73 Å². The smallest absolute Gasteiger partial charge is 0.102 e. The van der Waals surface area contributed by atoms with E-state index in [9.17, 15) is 0 Å². The molecule has 14 heavy (non-hydrogen) atoms. The number of nitriles is 1. The van der Waals surface area contributed by atoms with Crippen LogP contribution in [0.15, 0.2) is 0 Å². The van der Waals surface area contributed by atoms with E-state index in [-0.39, 0.29) is 0 Å². The normalized spacial score (nSPS) is 22.9. The van der Waals surface area contributed by atoms with Crippen molar-refractivity contribution < 1.29 is 0 Å². The molecule has 0 radical (unpaired) electrons. The summed E-state index contributed by atoms with van der Waals surface area (Å²) in [6.45, 7) is 7.22. The monoisotopic (exact) mass is 195 g/mol. The van der Waals surface area contributed by atoms with E-state index in [0.717, 1.165) is 19.0 Å². The Balaban J connectivity index is 2.47. The highest BCUT2D eigenvalue weighted by Crippen LogP contribution is 2.30. The fourth-order valence-corrected chi connectivity index (χ4v) is 2.11. The molecule has 0 saturated heterocycles. The van der Waals surface area contributed by atoms with Gasteiger partial charge in [0, 0.05) is 12.1 Å². The van der Waals surface area contributed by atoms with E-state index in [1.807, 2.05) is 6.92 Å². The second-order valence-electron chi connectivity index (χ2n) is 4.64. The Labute approximate surface area is 86.9 Å². The summed E-state index contributed by atoms with van der Waals surface area (Å²) in [5, 5.41) is 8.86. The lowest BCUT2D eigenvalue weighted by molar-refractivity contribution is 0.184. The Morgan fingerprint density at radius 2 is 2.21 bits per heavy atom. The van der Waals surface area contributed by atoms with E-state index in [2.05, 4.69) is 24.8 Å². The van der Waals surface area contributed by atoms with Crippen LogP contribution in [0.1, 0.15) is 40.0 Å². The molecule has 1 fully saturated rings. The highest BCUT2D eigenvalue weighted by Gasteiger charge is 2.33. The zero-order valence-electron chi connectivity index (χ0n) is 9.45. The predicted molar refractivity (Wildman–Crippen MR) is 57.7 cm³/mol. The molecular formula is C11H21N3. The van der Waals surface area contributed by atoms with Gasteiger partial charge in [0.15, 0.2) is 0 Å². The van der Waals surface area contributed by atoms with Crippen molar-refractivity contribution in [1.82, 2.24) is 4.90 Å². The Morgan fingerprint density at radius 1 is 1.64 bits per heavy atom. The van der Waals surface area contributed by atoms with Crippen molar-refractivity contribution in [2.75, 3.05) is 6.54 Å². The average Bonchev–Trinajstić information content (AvgIpc) is 2.89. The molecule has 2 unspecified atom stereocenters. The molecule has 0 aromatic rings. The standard InChI is InChI=1S/C11H21N3/c1-4-14(10-5-6-10)9(2)7-11(3,13)8-12/h9-10H,4-7,13H2,1-3H3. The van der Waals surface area contributed by atoms with Gasteiger partial charge < -0.3 is 5.73 Å². The first kappa shape index (κ1) is 11.5. The summed E-state index contributed by atoms with van der Waals surface area (Å²) in [7, 11) is 0. The van der Waals surface area contributed by atoms with Crippen molar-refractivity contribution in [2.24, 2.45) is 5.73 Å². The van der Waals surface area contributed by atoms with Gasteiger partial charge in [-0.1, -0.05) is 6.92 Å². The Kier molecular flexibility index (Phi) is 3.52. The predicted octanol–water partition coefficient (Wildman–Crippen LogP) is 1.49. The van der Waals surface area contributed by atoms with E-state index in [1.165, 1.54) is 12.8 Å². The lowest BCUT2D eigenvalue weighted by Gasteiger charge is -2.31. The molecule has 2 N–H and O–H groups in total. The molecule has 0 aromatic heterocycles. The molecule has 1 aliphatic rings. The van der Waals surface area contributed by atoms with Gasteiger partial charge in [-0.25, -0.2) is 0 Å². The number of nitrogens with two attached hydrogens (primary N) is 1. The van der Waals surface area contributed by atoms with Crippen LogP contribution in [0.4, 0.5) is 0 Å². The maximum atomic E-state index is 8.86. The average molecular weight is 195 g/mol. The molecule has 0 aromatic carbocycles. The van der Waals surface area contributed by atoms with Gasteiger partial charge in [-0.05, 0) is 39.7 Å². The van der Waals surface area contributed by atoms with Crippen LogP contribution in [0, 0.1) is 11.3 Å². The summed E-state index contributed by atoms with van der Waals surface area (Å²) < 4.78 is 0. The van der Waals surface area contributed by atoms with Gasteiger partial charge in [-0.3, -0.25) is 4.90 Å². The zero-order valence-corrected chi connectivity index (χ0v) is 9.45. The summed E-state index contributed by atoms with van der Waals surface area (Å²) >= 11 is 0. The van der Waals surface area contributed by atoms with Crippen LogP contribution >= 0.6 is 0 Å². The largest absolute Gasteiger partial charge is 0.314 e. The molecular weight excluding hydrogens is 174 g/mol. The lowest BCUT2D eigenvalue weighted by Crippen LogP contribution is -2.44. The lowest BCUT2D eigenvalue weighted by atomic mass is 9.96. The third-order valence-corrected chi connectivity index (χ3v) is 2.92. The van der Waals surface area contributed by atoms with Gasteiger partial charge in [-0.15, -0.1) is 0 Å². The van der Waals surface area contributed by atoms with Crippen LogP contribution in [0.25, 0.3) is 0 Å². The van der Waals surface area contributed by atoms with E-state index in [1.54, 1.807) is 0 Å². The molecule has 3 heteroatoms. The second kappa shape index (κ2) is 4.29. The molecule has 0 heterocycles. The van der Waals surface area contributed by atoms with Gasteiger partial charge in [0.25, 0.3) is 0 Å². The first-order chi connectivity index (χ1) is 6.50. The number of hydrogen-bond acceptors (Lipinski definition) is 3. The molecule has 0 amide bonds. The van der Waals surface area contributed by atoms with Crippen molar-refractivity contribution in [1.29, 1.82) is 5.26 Å². The zero-order chi connectivity index (χ0) is 10.8. The molecule has 1 aliphatic carbocycles. The molecule has 80 valence electrons. The van der Waals surface area contributed by atoms with Crippen molar-refractivity contribution >= 4 is 0 Å². The number of rotatable bonds is 5. The van der Waals surface area contributed by atoms with E-state index >= 15 is 0 Å². The second-order valence-corrected chi connectivity index (χ2v) is 4.64. The molecule has 1 rings (SSSR count). The first-order valence-electron chi connectivity index (χ1n) is 5.46. The van der Waals surface area contributed by atoms with Crippen LogP contribution in [0.5, 0.6) is 0 Å². The summed E-state index contributed by atoms with van der Waals surface area (Å²) in [5.41, 5.74) is 5.16. The molecule has 0 spiro atoms. The Morgan fingerprint density at radius 3 is 2.57 bits per heavy atom. The van der Waals surface area contributed by atoms with Crippen molar-refractivity contribution in [3.8, 4) is 6.07 Å². The van der Waals surface area contributed by atoms with E-state index in [0.29, 0.717) is 6.04 Å². The molecule has 1 saturated carbocycles. The van der Waals surface area contributed by atoms with Gasteiger partial charge in [0.05, 0.1) is 6.07 Å². The summed E-state index contributed by atoms with van der Waals surface area (Å²) in [5.74, 6) is 0. The highest BCUT2D eigenvalue weighted by molar-refractivity contribution is 5.03. The fourth-order valence-electron chi connectivity index (χ4n) is 2.11. The van der Waals surface area contributed by atoms with E-state index < -0.39 is 5.54 Å². The fraction of sp³-hybridized carbons (Fsp3) is 0.909. The van der Waals surface area contributed by atoms with Gasteiger partial charge in [-0.2, -0.15) is 5.26 Å². The van der Waals surface area contributed by atoms with Gasteiger partial charge in [0.1, 0.15) is 5.54 Å². The van der Waals surface area contributed by atoms with Crippen LogP contribution in [-0.4, -0.2) is 29.1 Å². The molecule has 0 bridgehead atoms. The Hall–Kier alpha value is -0.590. The van der Waals surface area contributed by atoms with Crippen LogP contribution in [0.2, 0.25) is 0 Å². The third-order valence-electron chi connectivity index (χ3n) is 2.92. The van der Waals surface area contributed by atoms with Gasteiger partial charge in [0.2, 0.25) is 0 Å². The maximum Gasteiger partial charge on any atom is 0.102 e. The third kappa shape index (κ3) is 2.97. The molecule has 0 aliphatic heterocycles. The van der Waals surface area contributed by atoms with Crippen LogP contribution in [-0.2, 0) is 0 Å². The minimum Gasteiger partial charge on any atom is -0.314 e.